The van der Waals surface area contributed by atoms with E-state index < -0.39 is 18.9 Å². The number of nitrogens with zero attached hydrogens (tertiary/aromatic N) is 4. The summed E-state index contributed by atoms with van der Waals surface area (Å²) in [5, 5.41) is 10.8. The number of hydrogen-bond acceptors (Lipinski definition) is 7. The van der Waals surface area contributed by atoms with Gasteiger partial charge in [-0.2, -0.15) is 13.2 Å². The second-order valence-electron chi connectivity index (χ2n) is 7.63. The molecule has 4 rings (SSSR count). The molecule has 0 aliphatic carbocycles. The fraction of sp³-hybridized carbons (Fsp3) is 0.500. The number of alkyl halides is 3. The summed E-state index contributed by atoms with van der Waals surface area (Å²) < 4.78 is 36.6. The molecule has 2 aliphatic heterocycles. The molecule has 7 nitrogen and oxygen atoms in total. The van der Waals surface area contributed by atoms with Crippen LogP contribution >= 0.6 is 0 Å². The third-order valence-electron chi connectivity index (χ3n) is 5.56. The van der Waals surface area contributed by atoms with Gasteiger partial charge in [-0.05, 0) is 24.0 Å². The van der Waals surface area contributed by atoms with E-state index in [9.17, 15) is 18.3 Å². The Morgan fingerprint density at radius 3 is 2.73 bits per heavy atom. The van der Waals surface area contributed by atoms with E-state index in [4.69, 9.17) is 0 Å². The predicted molar refractivity (Wildman–Crippen MR) is 105 cm³/mol. The smallest absolute Gasteiger partial charge is 0.390 e. The van der Waals surface area contributed by atoms with Gasteiger partial charge in [0.05, 0.1) is 6.10 Å². The van der Waals surface area contributed by atoms with Crippen molar-refractivity contribution >= 4 is 11.6 Å². The summed E-state index contributed by atoms with van der Waals surface area (Å²) in [4.78, 5) is 16.7. The summed E-state index contributed by atoms with van der Waals surface area (Å²) in [6, 6.07) is 9.97. The highest BCUT2D eigenvalue weighted by Crippen LogP contribution is 2.27. The molecule has 0 radical (unpaired) electrons. The fourth-order valence-corrected chi connectivity index (χ4v) is 4.12. The predicted octanol–water partition coefficient (Wildman–Crippen LogP) is 2.38. The quantitative estimate of drug-likeness (QED) is 0.716. The highest BCUT2D eigenvalue weighted by Gasteiger charge is 2.34. The molecule has 162 valence electrons. The monoisotopic (exact) mass is 423 g/mol. The Kier molecular flexibility index (Phi) is 6.07. The van der Waals surface area contributed by atoms with Gasteiger partial charge in [0.25, 0.3) is 0 Å². The Morgan fingerprint density at radius 2 is 1.97 bits per heavy atom. The summed E-state index contributed by atoms with van der Waals surface area (Å²) in [5.41, 5.74) is 4.87. The lowest BCUT2D eigenvalue weighted by Gasteiger charge is -2.43. The first-order chi connectivity index (χ1) is 14.4. The van der Waals surface area contributed by atoms with Crippen LogP contribution in [0.4, 0.5) is 24.8 Å². The first-order valence-corrected chi connectivity index (χ1v) is 9.89. The van der Waals surface area contributed by atoms with Gasteiger partial charge in [-0.25, -0.2) is 15.4 Å². The molecule has 1 saturated heterocycles. The number of piperidine rings is 1. The van der Waals surface area contributed by atoms with Crippen LogP contribution in [0.25, 0.3) is 0 Å². The normalized spacial score (nSPS) is 22.6. The Balaban J connectivity index is 1.35. The van der Waals surface area contributed by atoms with E-state index in [2.05, 4.69) is 43.4 Å². The van der Waals surface area contributed by atoms with Crippen molar-refractivity contribution < 1.29 is 23.1 Å². The van der Waals surface area contributed by atoms with Gasteiger partial charge in [0.2, 0.25) is 0 Å². The Hall–Kier alpha value is -2.43. The summed E-state index contributed by atoms with van der Waals surface area (Å²) >= 11 is 0. The molecule has 0 amide bonds. The van der Waals surface area contributed by atoms with Gasteiger partial charge in [-0.15, -0.1) is 0 Å². The van der Waals surface area contributed by atoms with Gasteiger partial charge in [0, 0.05) is 38.3 Å². The zero-order valence-electron chi connectivity index (χ0n) is 16.3. The molecule has 10 heteroatoms. The highest BCUT2D eigenvalue weighted by molar-refractivity contribution is 5.48. The minimum Gasteiger partial charge on any atom is -0.390 e. The molecule has 2 atom stereocenters. The molecular weight excluding hydrogens is 399 g/mol. The number of aliphatic hydroxyl groups is 1. The van der Waals surface area contributed by atoms with Crippen LogP contribution in [-0.2, 0) is 17.8 Å². The van der Waals surface area contributed by atoms with E-state index in [0.717, 1.165) is 25.9 Å². The first kappa shape index (κ1) is 20.8. The summed E-state index contributed by atoms with van der Waals surface area (Å²) in [7, 11) is 0. The molecule has 1 fully saturated rings. The van der Waals surface area contributed by atoms with E-state index in [-0.39, 0.29) is 11.9 Å². The number of fused-ring (bicyclic) bond motifs is 1. The van der Waals surface area contributed by atoms with Crippen molar-refractivity contribution in [3.8, 4) is 0 Å². The number of benzene rings is 1. The Morgan fingerprint density at radius 1 is 1.17 bits per heavy atom. The molecule has 0 unspecified atom stereocenters. The minimum absolute atomic E-state index is 0.0594. The van der Waals surface area contributed by atoms with Crippen molar-refractivity contribution in [2.45, 2.75) is 37.7 Å². The van der Waals surface area contributed by atoms with Crippen LogP contribution in [0.2, 0.25) is 0 Å². The maximum absolute atomic E-state index is 12.2. The largest absolute Gasteiger partial charge is 0.414 e. The van der Waals surface area contributed by atoms with Crippen molar-refractivity contribution in [1.82, 2.24) is 14.9 Å². The van der Waals surface area contributed by atoms with Crippen LogP contribution in [0.1, 0.15) is 17.5 Å². The second-order valence-corrected chi connectivity index (χ2v) is 7.63. The van der Waals surface area contributed by atoms with E-state index in [0.29, 0.717) is 18.9 Å². The minimum atomic E-state index is -4.43. The molecule has 1 aromatic heterocycles. The third-order valence-corrected chi connectivity index (χ3v) is 5.56. The Labute approximate surface area is 172 Å². The van der Waals surface area contributed by atoms with Gasteiger partial charge in [0.15, 0.2) is 12.4 Å². The molecule has 30 heavy (non-hydrogen) atoms. The molecule has 2 aromatic rings. The lowest BCUT2D eigenvalue weighted by Crippen LogP contribution is -2.55. The summed E-state index contributed by atoms with van der Waals surface area (Å²) in [6.45, 7) is 1.39. The molecule has 0 spiro atoms. The number of halogens is 3. The zero-order valence-corrected chi connectivity index (χ0v) is 16.3. The highest BCUT2D eigenvalue weighted by atomic mass is 19.4. The number of hydrogen-bond donors (Lipinski definition) is 2. The van der Waals surface area contributed by atoms with E-state index in [1.54, 1.807) is 0 Å². The molecule has 3 heterocycles. The first-order valence-electron chi connectivity index (χ1n) is 9.89. The van der Waals surface area contributed by atoms with Gasteiger partial charge in [-0.1, -0.05) is 24.3 Å². The van der Waals surface area contributed by atoms with Gasteiger partial charge < -0.3 is 10.0 Å². The Bertz CT molecular complexity index is 866. The number of rotatable bonds is 5. The van der Waals surface area contributed by atoms with E-state index >= 15 is 0 Å². The maximum Gasteiger partial charge on any atom is 0.414 e. The van der Waals surface area contributed by atoms with Crippen molar-refractivity contribution in [3.05, 3.63) is 47.8 Å². The van der Waals surface area contributed by atoms with Gasteiger partial charge in [-0.3, -0.25) is 9.74 Å². The van der Waals surface area contributed by atoms with Crippen LogP contribution in [0.15, 0.2) is 36.7 Å². The van der Waals surface area contributed by atoms with Crippen molar-refractivity contribution in [3.63, 3.8) is 0 Å². The average molecular weight is 423 g/mol. The standard InChI is InChI=1S/C20H24F3N5O2/c21-20(22,23)12-30-26-18-9-19(25-13-24-18)28-8-6-16(17(29)11-28)27-7-5-14-3-1-2-4-15(14)10-27/h1-4,9,13,16-17,29H,5-8,10-12H2,(H,24,25,26)/t16-,17-/m1/s1. The summed E-state index contributed by atoms with van der Waals surface area (Å²) in [5.74, 6) is 0.665. The second kappa shape index (κ2) is 8.75. The lowest BCUT2D eigenvalue weighted by molar-refractivity contribution is -0.167. The van der Waals surface area contributed by atoms with Crippen LogP contribution in [0.3, 0.4) is 0 Å². The van der Waals surface area contributed by atoms with Crippen molar-refractivity contribution in [2.75, 3.05) is 36.6 Å². The molecule has 1 aromatic carbocycles. The number of aromatic nitrogens is 2. The topological polar surface area (TPSA) is 73.8 Å². The van der Waals surface area contributed by atoms with Crippen LogP contribution in [0, 0.1) is 0 Å². The van der Waals surface area contributed by atoms with Crippen molar-refractivity contribution in [1.29, 1.82) is 0 Å². The van der Waals surface area contributed by atoms with E-state index in [1.165, 1.54) is 23.5 Å². The molecular formula is C20H24F3N5O2. The summed E-state index contributed by atoms with van der Waals surface area (Å²) in [6.07, 6.45) is -1.99. The molecule has 0 bridgehead atoms. The van der Waals surface area contributed by atoms with E-state index in [1.807, 2.05) is 11.0 Å². The van der Waals surface area contributed by atoms with Gasteiger partial charge in [0.1, 0.15) is 12.1 Å². The van der Waals surface area contributed by atoms with Crippen LogP contribution in [-0.4, -0.2) is 64.5 Å². The molecule has 0 saturated carbocycles. The van der Waals surface area contributed by atoms with Crippen molar-refractivity contribution in [2.24, 2.45) is 0 Å². The third kappa shape index (κ3) is 5.00. The number of aliphatic hydroxyl groups excluding tert-OH is 1. The van der Waals surface area contributed by atoms with Crippen LogP contribution in [0.5, 0.6) is 0 Å². The molecule has 2 N–H and O–H groups in total. The number of anilines is 2. The van der Waals surface area contributed by atoms with Gasteiger partial charge >= 0.3 is 6.18 Å². The van der Waals surface area contributed by atoms with Crippen LogP contribution < -0.4 is 10.4 Å². The number of β-amino-alcohol motifs (C(OH)–C–C–N with tert-alkyl or cyclic N) is 1. The maximum atomic E-state index is 12.2. The average Bonchev–Trinajstić information content (AvgIpc) is 2.73. The number of nitrogens with one attached hydrogen (secondary N) is 1. The SMILES string of the molecule is O[C@@H]1CN(c2cc(NOCC(F)(F)F)ncn2)CC[C@H]1N1CCc2ccccc2C1. The fourth-order valence-electron chi connectivity index (χ4n) is 4.12. The lowest BCUT2D eigenvalue weighted by atomic mass is 9.94. The zero-order chi connectivity index (χ0) is 21.1. The molecule has 2 aliphatic rings.